The van der Waals surface area contributed by atoms with Crippen molar-refractivity contribution < 1.29 is 8.42 Å². The summed E-state index contributed by atoms with van der Waals surface area (Å²) in [6, 6.07) is 17.1. The lowest BCUT2D eigenvalue weighted by Crippen LogP contribution is -2.45. The van der Waals surface area contributed by atoms with E-state index in [1.807, 2.05) is 18.2 Å². The number of nitrogens with one attached hydrogen (secondary N) is 1. The highest BCUT2D eigenvalue weighted by Gasteiger charge is 2.39. The smallest absolute Gasteiger partial charge is 0.210 e. The molecule has 1 saturated carbocycles. The zero-order valence-electron chi connectivity index (χ0n) is 12.1. The molecule has 2 aromatic carbocycles. The highest BCUT2D eigenvalue weighted by atomic mass is 79.9. The van der Waals surface area contributed by atoms with E-state index in [0.29, 0.717) is 11.0 Å². The van der Waals surface area contributed by atoms with Crippen LogP contribution in [0, 0.1) is 0 Å². The van der Waals surface area contributed by atoms with Gasteiger partial charge in [0.2, 0.25) is 10.0 Å². The molecule has 3 rings (SSSR count). The van der Waals surface area contributed by atoms with Crippen LogP contribution >= 0.6 is 15.9 Å². The van der Waals surface area contributed by atoms with Crippen molar-refractivity contribution in [1.29, 1.82) is 0 Å². The van der Waals surface area contributed by atoms with Crippen LogP contribution in [0.25, 0.3) is 0 Å². The Hall–Kier alpha value is -1.17. The Labute approximate surface area is 139 Å². The van der Waals surface area contributed by atoms with Crippen LogP contribution in [0.3, 0.4) is 0 Å². The molecule has 1 aliphatic rings. The van der Waals surface area contributed by atoms with E-state index in [-0.39, 0.29) is 10.3 Å². The van der Waals surface area contributed by atoms with E-state index in [0.717, 1.165) is 19.3 Å². The van der Waals surface area contributed by atoms with Gasteiger partial charge in [-0.3, -0.25) is 0 Å². The Morgan fingerprint density at radius 3 is 2.23 bits per heavy atom. The van der Waals surface area contributed by atoms with Crippen LogP contribution in [0.5, 0.6) is 0 Å². The zero-order valence-corrected chi connectivity index (χ0v) is 14.5. The van der Waals surface area contributed by atoms with Crippen molar-refractivity contribution in [2.45, 2.75) is 29.6 Å². The molecule has 0 aliphatic heterocycles. The van der Waals surface area contributed by atoms with E-state index >= 15 is 0 Å². The summed E-state index contributed by atoms with van der Waals surface area (Å²) in [7, 11) is -3.51. The molecule has 0 heterocycles. The molecular weight excluding hydrogens is 362 g/mol. The summed E-state index contributed by atoms with van der Waals surface area (Å²) in [6.07, 6.45) is 3.19. The molecule has 0 bridgehead atoms. The predicted molar refractivity (Wildman–Crippen MR) is 91.3 cm³/mol. The van der Waals surface area contributed by atoms with Gasteiger partial charge >= 0.3 is 0 Å². The van der Waals surface area contributed by atoms with Crippen LogP contribution in [-0.4, -0.2) is 15.0 Å². The predicted octanol–water partition coefficient (Wildman–Crippen LogP) is 3.85. The number of benzene rings is 2. The van der Waals surface area contributed by atoms with Crippen LogP contribution in [-0.2, 0) is 15.4 Å². The lowest BCUT2D eigenvalue weighted by molar-refractivity contribution is 0.245. The van der Waals surface area contributed by atoms with E-state index in [2.05, 4.69) is 32.8 Å². The third-order valence-electron chi connectivity index (χ3n) is 4.42. The number of hydrogen-bond acceptors (Lipinski definition) is 2. The maximum atomic E-state index is 12.5. The molecule has 3 nitrogen and oxygen atoms in total. The molecule has 0 amide bonds. The van der Waals surface area contributed by atoms with Gasteiger partial charge in [0.15, 0.2) is 0 Å². The Morgan fingerprint density at radius 1 is 1.00 bits per heavy atom. The number of rotatable bonds is 5. The first kappa shape index (κ1) is 15.7. The molecule has 5 heteroatoms. The standard InChI is InChI=1S/C17H18BrNO2S/c18-15-9-4-5-10-16(15)22(20,21)19-13-17(11-6-12-17)14-7-2-1-3-8-14/h1-5,7-10,19H,6,11-13H2. The van der Waals surface area contributed by atoms with Gasteiger partial charge in [-0.05, 0) is 46.5 Å². The van der Waals surface area contributed by atoms with E-state index < -0.39 is 10.0 Å². The third kappa shape index (κ3) is 2.98. The fourth-order valence-corrected chi connectivity index (χ4v) is 5.06. The van der Waals surface area contributed by atoms with E-state index in [4.69, 9.17) is 0 Å². The van der Waals surface area contributed by atoms with Crippen LogP contribution in [0.1, 0.15) is 24.8 Å². The Kier molecular flexibility index (Phi) is 4.39. The second-order valence-corrected chi connectivity index (χ2v) is 8.34. The highest BCUT2D eigenvalue weighted by molar-refractivity contribution is 9.10. The van der Waals surface area contributed by atoms with E-state index in [1.165, 1.54) is 5.56 Å². The van der Waals surface area contributed by atoms with E-state index in [9.17, 15) is 8.42 Å². The average Bonchev–Trinajstić information content (AvgIpc) is 2.47. The minimum atomic E-state index is -3.51. The average molecular weight is 380 g/mol. The minimum Gasteiger partial charge on any atom is -0.210 e. The van der Waals surface area contributed by atoms with Crippen LogP contribution in [0.4, 0.5) is 0 Å². The highest BCUT2D eigenvalue weighted by Crippen LogP contribution is 2.43. The molecule has 116 valence electrons. The number of hydrogen-bond donors (Lipinski definition) is 1. The van der Waals surface area contributed by atoms with Gasteiger partial charge in [-0.15, -0.1) is 0 Å². The van der Waals surface area contributed by atoms with Crippen LogP contribution in [0.15, 0.2) is 64.0 Å². The summed E-state index contributed by atoms with van der Waals surface area (Å²) in [5.74, 6) is 0. The third-order valence-corrected chi connectivity index (χ3v) is 6.84. The van der Waals surface area contributed by atoms with Crippen molar-refractivity contribution in [3.8, 4) is 0 Å². The summed E-state index contributed by atoms with van der Waals surface area (Å²) < 4.78 is 28.4. The van der Waals surface area contributed by atoms with Gasteiger partial charge in [0.05, 0.1) is 4.90 Å². The summed E-state index contributed by atoms with van der Waals surface area (Å²) >= 11 is 3.31. The molecule has 0 atom stereocenters. The second-order valence-electron chi connectivity index (χ2n) is 5.75. The van der Waals surface area contributed by atoms with Crippen molar-refractivity contribution in [3.63, 3.8) is 0 Å². The molecule has 0 aromatic heterocycles. The monoisotopic (exact) mass is 379 g/mol. The van der Waals surface area contributed by atoms with Crippen molar-refractivity contribution in [2.24, 2.45) is 0 Å². The Morgan fingerprint density at radius 2 is 1.64 bits per heavy atom. The molecule has 0 unspecified atom stereocenters. The summed E-state index contributed by atoms with van der Waals surface area (Å²) in [4.78, 5) is 0.289. The summed E-state index contributed by atoms with van der Waals surface area (Å²) in [5, 5.41) is 0. The van der Waals surface area contributed by atoms with Crippen LogP contribution < -0.4 is 4.72 Å². The van der Waals surface area contributed by atoms with Gasteiger partial charge in [-0.1, -0.05) is 48.9 Å². The maximum Gasteiger partial charge on any atom is 0.241 e. The topological polar surface area (TPSA) is 46.2 Å². The molecule has 0 radical (unpaired) electrons. The van der Waals surface area contributed by atoms with Gasteiger partial charge in [-0.2, -0.15) is 0 Å². The van der Waals surface area contributed by atoms with Crippen LogP contribution in [0.2, 0.25) is 0 Å². The maximum absolute atomic E-state index is 12.5. The molecule has 0 saturated heterocycles. The van der Waals surface area contributed by atoms with Crippen molar-refractivity contribution in [2.75, 3.05) is 6.54 Å². The molecule has 22 heavy (non-hydrogen) atoms. The largest absolute Gasteiger partial charge is 0.241 e. The quantitative estimate of drug-likeness (QED) is 0.857. The normalized spacial score (nSPS) is 17.0. The minimum absolute atomic E-state index is 0.0599. The molecule has 1 fully saturated rings. The SMILES string of the molecule is O=S(=O)(NCC1(c2ccccc2)CCC1)c1ccccc1Br. The summed E-state index contributed by atoms with van der Waals surface area (Å²) in [5.41, 5.74) is 1.16. The van der Waals surface area contributed by atoms with Gasteiger partial charge in [0, 0.05) is 16.4 Å². The fourth-order valence-electron chi connectivity index (χ4n) is 2.94. The molecule has 1 aliphatic carbocycles. The lowest BCUT2D eigenvalue weighted by Gasteiger charge is -2.42. The fraction of sp³-hybridized carbons (Fsp3) is 0.294. The first-order valence-electron chi connectivity index (χ1n) is 7.33. The zero-order chi connectivity index (χ0) is 15.6. The van der Waals surface area contributed by atoms with Gasteiger partial charge in [0.25, 0.3) is 0 Å². The lowest BCUT2D eigenvalue weighted by atomic mass is 9.64. The van der Waals surface area contributed by atoms with E-state index in [1.54, 1.807) is 24.3 Å². The number of halogens is 1. The molecule has 1 N–H and O–H groups in total. The molecule has 2 aromatic rings. The number of sulfonamides is 1. The first-order valence-corrected chi connectivity index (χ1v) is 9.61. The Balaban J connectivity index is 1.81. The van der Waals surface area contributed by atoms with Gasteiger partial charge in [-0.25, -0.2) is 13.1 Å². The Bertz CT molecular complexity index is 755. The first-order chi connectivity index (χ1) is 10.5. The van der Waals surface area contributed by atoms with Crippen molar-refractivity contribution in [3.05, 3.63) is 64.6 Å². The molecular formula is C17H18BrNO2S. The van der Waals surface area contributed by atoms with Gasteiger partial charge in [0.1, 0.15) is 0 Å². The van der Waals surface area contributed by atoms with Gasteiger partial charge < -0.3 is 0 Å². The molecule has 0 spiro atoms. The van der Waals surface area contributed by atoms with Crippen molar-refractivity contribution >= 4 is 26.0 Å². The van der Waals surface area contributed by atoms with Crippen molar-refractivity contribution in [1.82, 2.24) is 4.72 Å². The summed E-state index contributed by atoms with van der Waals surface area (Å²) in [6.45, 7) is 0.445. The second kappa shape index (κ2) is 6.14.